The number of fused-ring (bicyclic) bond motifs is 1. The first-order valence-electron chi connectivity index (χ1n) is 8.73. The summed E-state index contributed by atoms with van der Waals surface area (Å²) in [6.07, 6.45) is -0.437. The number of amides is 2. The predicted octanol–water partition coefficient (Wildman–Crippen LogP) is 2.68. The van der Waals surface area contributed by atoms with Crippen LogP contribution in [0.2, 0.25) is 0 Å². The molecule has 26 heavy (non-hydrogen) atoms. The zero-order chi connectivity index (χ0) is 20.3. The molecule has 2 unspecified atom stereocenters. The topological polar surface area (TPSA) is 86.7 Å². The third kappa shape index (κ3) is 9.62. The monoisotopic (exact) mass is 382 g/mol. The predicted molar refractivity (Wildman–Crippen MR) is 90.3 cm³/mol. The van der Waals surface area contributed by atoms with Crippen molar-refractivity contribution in [2.75, 3.05) is 19.6 Å². The number of carbonyl (C=O) groups excluding carboxylic acids is 2. The second-order valence-electron chi connectivity index (χ2n) is 7.12. The minimum atomic E-state index is -4.93. The van der Waals surface area contributed by atoms with Crippen molar-refractivity contribution in [2.24, 2.45) is 17.8 Å². The highest BCUT2D eigenvalue weighted by atomic mass is 19.4. The molecule has 2 N–H and O–H groups in total. The number of nitrogens with one attached hydrogen (secondary N) is 1. The zero-order valence-corrected chi connectivity index (χ0v) is 15.5. The van der Waals surface area contributed by atoms with E-state index in [0.29, 0.717) is 24.9 Å². The van der Waals surface area contributed by atoms with E-state index in [1.807, 2.05) is 0 Å². The lowest BCUT2D eigenvalue weighted by atomic mass is 9.82. The lowest BCUT2D eigenvalue weighted by Gasteiger charge is -2.22. The largest absolute Gasteiger partial charge is 0.483 e. The second-order valence-corrected chi connectivity index (χ2v) is 7.12. The molecule has 0 aromatic heterocycles. The van der Waals surface area contributed by atoms with Gasteiger partial charge in [0.2, 0.25) is 5.91 Å². The quantitative estimate of drug-likeness (QED) is 0.719. The van der Waals surface area contributed by atoms with Crippen LogP contribution in [0.3, 0.4) is 0 Å². The Hall–Kier alpha value is -1.80. The molecule has 0 bridgehead atoms. The molecular weight excluding hydrogens is 353 g/mol. The van der Waals surface area contributed by atoms with E-state index < -0.39 is 24.5 Å². The van der Waals surface area contributed by atoms with Crippen molar-refractivity contribution in [3.63, 3.8) is 0 Å². The number of hydrogen-bond acceptors (Lipinski definition) is 3. The Morgan fingerprint density at radius 3 is 1.88 bits per heavy atom. The number of carboxylic acid groups (broad SMARTS) is 1. The highest BCUT2D eigenvalue weighted by Gasteiger charge is 2.40. The molecule has 0 radical (unpaired) electrons. The van der Waals surface area contributed by atoms with Crippen molar-refractivity contribution < 1.29 is 32.7 Å². The number of rotatable bonds is 2. The maximum atomic E-state index is 12.0. The summed E-state index contributed by atoms with van der Waals surface area (Å²) in [5, 5.41) is 8.51. The van der Waals surface area contributed by atoms with Gasteiger partial charge < -0.3 is 15.3 Å². The van der Waals surface area contributed by atoms with E-state index in [1.165, 1.54) is 0 Å². The standard InChI is InChI=1S/C12H17F3N2O2.C4H10.CH2O2/c13-12(14,15)11(19)16-5-10(18)17-6-8-3-1-2-4-9(8)7-17;1-4(2)3;2-1-3/h8-9H,1-7H2,(H,16,19);4H,1-3H3;1H,(H,2,3). The van der Waals surface area contributed by atoms with Crippen LogP contribution in [-0.2, 0) is 14.4 Å². The number of halogens is 3. The van der Waals surface area contributed by atoms with E-state index in [2.05, 4.69) is 20.8 Å². The summed E-state index contributed by atoms with van der Waals surface area (Å²) in [5.41, 5.74) is 0. The van der Waals surface area contributed by atoms with Gasteiger partial charge in [0.25, 0.3) is 6.47 Å². The van der Waals surface area contributed by atoms with Crippen LogP contribution < -0.4 is 5.32 Å². The van der Waals surface area contributed by atoms with Gasteiger partial charge in [0.1, 0.15) is 0 Å². The van der Waals surface area contributed by atoms with Gasteiger partial charge >= 0.3 is 12.1 Å². The second kappa shape index (κ2) is 11.7. The summed E-state index contributed by atoms with van der Waals surface area (Å²) < 4.78 is 35.9. The fourth-order valence-corrected chi connectivity index (χ4v) is 2.98. The molecule has 9 heteroatoms. The fraction of sp³-hybridized carbons (Fsp3) is 0.824. The molecule has 2 atom stereocenters. The molecule has 2 fully saturated rings. The van der Waals surface area contributed by atoms with E-state index in [0.717, 1.165) is 31.6 Å². The number of nitrogens with zero attached hydrogens (tertiary/aromatic N) is 1. The fourth-order valence-electron chi connectivity index (χ4n) is 2.98. The molecule has 2 rings (SSSR count). The average molecular weight is 382 g/mol. The molecule has 0 spiro atoms. The highest BCUT2D eigenvalue weighted by molar-refractivity contribution is 5.87. The van der Waals surface area contributed by atoms with Gasteiger partial charge in [-0.05, 0) is 30.6 Å². The summed E-state index contributed by atoms with van der Waals surface area (Å²) >= 11 is 0. The third-order valence-electron chi connectivity index (χ3n) is 3.99. The molecule has 1 heterocycles. The number of alkyl halides is 3. The van der Waals surface area contributed by atoms with E-state index in [9.17, 15) is 22.8 Å². The molecule has 1 aliphatic heterocycles. The molecule has 1 saturated heterocycles. The average Bonchev–Trinajstić information content (AvgIpc) is 2.95. The molecule has 0 aromatic carbocycles. The molecule has 1 saturated carbocycles. The van der Waals surface area contributed by atoms with Crippen molar-refractivity contribution in [3.05, 3.63) is 0 Å². The molecule has 152 valence electrons. The smallest absolute Gasteiger partial charge is 0.471 e. The van der Waals surface area contributed by atoms with Gasteiger partial charge in [-0.1, -0.05) is 33.6 Å². The first-order valence-corrected chi connectivity index (χ1v) is 8.73. The summed E-state index contributed by atoms with van der Waals surface area (Å²) in [4.78, 5) is 32.3. The van der Waals surface area contributed by atoms with E-state index in [4.69, 9.17) is 9.90 Å². The number of hydrogen-bond donors (Lipinski definition) is 2. The Morgan fingerprint density at radius 2 is 1.54 bits per heavy atom. The SMILES string of the molecule is CC(C)C.O=C(CNC(=O)C(F)(F)F)N1CC2CCCCC2C1.O=CO. The first-order chi connectivity index (χ1) is 12.0. The molecule has 6 nitrogen and oxygen atoms in total. The van der Waals surface area contributed by atoms with Gasteiger partial charge in [0.05, 0.1) is 6.54 Å². The van der Waals surface area contributed by atoms with Crippen LogP contribution in [0.1, 0.15) is 46.5 Å². The van der Waals surface area contributed by atoms with E-state index >= 15 is 0 Å². The van der Waals surface area contributed by atoms with Crippen LogP contribution in [0.15, 0.2) is 0 Å². The maximum Gasteiger partial charge on any atom is 0.471 e. The van der Waals surface area contributed by atoms with Gasteiger partial charge in [-0.3, -0.25) is 14.4 Å². The van der Waals surface area contributed by atoms with Crippen LogP contribution in [-0.4, -0.2) is 54.1 Å². The van der Waals surface area contributed by atoms with Crippen LogP contribution in [0.4, 0.5) is 13.2 Å². The Morgan fingerprint density at radius 1 is 1.15 bits per heavy atom. The van der Waals surface area contributed by atoms with Crippen LogP contribution in [0, 0.1) is 17.8 Å². The van der Waals surface area contributed by atoms with Crippen LogP contribution >= 0.6 is 0 Å². The van der Waals surface area contributed by atoms with Gasteiger partial charge in [-0.2, -0.15) is 13.2 Å². The molecular formula is C17H29F3N2O4. The molecule has 2 amide bonds. The van der Waals surface area contributed by atoms with Gasteiger partial charge in [0, 0.05) is 13.1 Å². The lowest BCUT2D eigenvalue weighted by molar-refractivity contribution is -0.174. The van der Waals surface area contributed by atoms with E-state index in [-0.39, 0.29) is 6.47 Å². The molecule has 1 aliphatic carbocycles. The Bertz CT molecular complexity index is 439. The van der Waals surface area contributed by atoms with Crippen molar-refractivity contribution in [2.45, 2.75) is 52.6 Å². The summed E-state index contributed by atoms with van der Waals surface area (Å²) in [5.74, 6) is -0.684. The van der Waals surface area contributed by atoms with Crippen molar-refractivity contribution in [1.82, 2.24) is 10.2 Å². The zero-order valence-electron chi connectivity index (χ0n) is 15.5. The van der Waals surface area contributed by atoms with Crippen LogP contribution in [0.25, 0.3) is 0 Å². The normalized spacial score (nSPS) is 21.6. The number of likely N-dealkylation sites (tertiary alicyclic amines) is 1. The van der Waals surface area contributed by atoms with Crippen molar-refractivity contribution in [1.29, 1.82) is 0 Å². The minimum absolute atomic E-state index is 0.250. The van der Waals surface area contributed by atoms with Crippen LogP contribution in [0.5, 0.6) is 0 Å². The molecule has 2 aliphatic rings. The Kier molecular flexibility index (Phi) is 10.9. The highest BCUT2D eigenvalue weighted by Crippen LogP contribution is 2.35. The first kappa shape index (κ1) is 24.2. The Labute approximate surface area is 152 Å². The summed E-state index contributed by atoms with van der Waals surface area (Å²) in [6, 6.07) is 0. The van der Waals surface area contributed by atoms with Crippen molar-refractivity contribution >= 4 is 18.3 Å². The van der Waals surface area contributed by atoms with Gasteiger partial charge in [-0.25, -0.2) is 0 Å². The maximum absolute atomic E-state index is 12.0. The van der Waals surface area contributed by atoms with Crippen molar-refractivity contribution in [3.8, 4) is 0 Å². The van der Waals surface area contributed by atoms with Gasteiger partial charge in [0.15, 0.2) is 0 Å². The van der Waals surface area contributed by atoms with Gasteiger partial charge in [-0.15, -0.1) is 0 Å². The Balaban J connectivity index is 0.000000770. The van der Waals surface area contributed by atoms with E-state index in [1.54, 1.807) is 10.2 Å². The molecule has 0 aromatic rings. The third-order valence-corrected chi connectivity index (χ3v) is 3.99. The summed E-state index contributed by atoms with van der Waals surface area (Å²) in [7, 11) is 0. The number of carbonyl (C=O) groups is 3. The minimum Gasteiger partial charge on any atom is -0.483 e. The lowest BCUT2D eigenvalue weighted by Crippen LogP contribution is -2.44. The summed E-state index contributed by atoms with van der Waals surface area (Å²) in [6.45, 7) is 6.91.